The molecule has 388 valence electrons. The third-order valence-electron chi connectivity index (χ3n) is 13.2. The summed E-state index contributed by atoms with van der Waals surface area (Å²) in [4.78, 5) is 0. The lowest BCUT2D eigenvalue weighted by Gasteiger charge is -2.08. The highest BCUT2D eigenvalue weighted by Crippen LogP contribution is 2.39. The number of nitrogens with zero attached hydrogens (tertiary/aromatic N) is 4. The van der Waals surface area contributed by atoms with Gasteiger partial charge in [-0.25, -0.2) is 0 Å². The van der Waals surface area contributed by atoms with E-state index in [1.165, 1.54) is 151 Å². The van der Waals surface area contributed by atoms with Crippen LogP contribution in [0.3, 0.4) is 0 Å². The zero-order valence-electron chi connectivity index (χ0n) is 44.2. The van der Waals surface area contributed by atoms with Gasteiger partial charge in [0.15, 0.2) is 25.5 Å². The van der Waals surface area contributed by atoms with Crippen LogP contribution >= 0.6 is 0 Å². The number of hydrogen-bond acceptors (Lipinski definition) is 6. The molecule has 2 aromatic heterocycles. The van der Waals surface area contributed by atoms with Crippen LogP contribution in [0.4, 0.5) is 0 Å². The zero-order valence-corrected chi connectivity index (χ0v) is 45.0. The molecular weight excluding hydrogens is 905 g/mol. The van der Waals surface area contributed by atoms with Crippen LogP contribution in [0.2, 0.25) is 0 Å². The van der Waals surface area contributed by atoms with Gasteiger partial charge in [-0.15, -0.1) is 9.36 Å². The minimum absolute atomic E-state index is 0.765. The van der Waals surface area contributed by atoms with Crippen molar-refractivity contribution in [1.29, 1.82) is 0 Å². The number of hydrogen-bond donors (Lipinski definition) is 0. The largest absolute Gasteiger partial charge is 0.759 e. The van der Waals surface area contributed by atoms with Gasteiger partial charge in [-0.3, -0.25) is 8.42 Å². The summed E-state index contributed by atoms with van der Waals surface area (Å²) in [5.41, 5.74) is 9.30. The van der Waals surface area contributed by atoms with E-state index in [-0.39, 0.29) is 0 Å². The molecule has 0 aliphatic rings. The topological polar surface area (TPSA) is 116 Å². The van der Waals surface area contributed by atoms with Gasteiger partial charge >= 0.3 is 0 Å². The lowest BCUT2D eigenvalue weighted by Crippen LogP contribution is -2.39. The van der Waals surface area contributed by atoms with Crippen molar-refractivity contribution >= 4 is 10.4 Å². The molecule has 0 atom stereocenters. The first-order chi connectivity index (χ1) is 34.5. The van der Waals surface area contributed by atoms with E-state index in [1.54, 1.807) is 0 Å². The monoisotopic (exact) mass is 991 g/mol. The van der Waals surface area contributed by atoms with Crippen LogP contribution in [-0.4, -0.2) is 40.1 Å². The molecule has 6 rings (SSSR count). The molecule has 2 heterocycles. The second-order valence-corrected chi connectivity index (χ2v) is 19.6. The maximum Gasteiger partial charge on any atom is 0.280 e. The van der Waals surface area contributed by atoms with Crippen molar-refractivity contribution in [3.05, 3.63) is 121 Å². The first-order valence-electron chi connectivity index (χ1n) is 26.8. The van der Waals surface area contributed by atoms with Crippen molar-refractivity contribution in [3.8, 4) is 56.5 Å². The van der Waals surface area contributed by atoms with Gasteiger partial charge in [-0.2, -0.15) is 9.36 Å². The Bertz CT molecular complexity index is 2150. The smallest absolute Gasteiger partial charge is 0.280 e. The molecular formula is C60H86N4O6S. The van der Waals surface area contributed by atoms with Crippen molar-refractivity contribution in [3.63, 3.8) is 0 Å². The van der Waals surface area contributed by atoms with E-state index < -0.39 is 10.4 Å². The van der Waals surface area contributed by atoms with E-state index in [4.69, 9.17) is 27.0 Å². The van der Waals surface area contributed by atoms with Crippen LogP contribution in [0.5, 0.6) is 11.5 Å². The minimum atomic E-state index is -5.17. The highest BCUT2D eigenvalue weighted by atomic mass is 32.3. The lowest BCUT2D eigenvalue weighted by molar-refractivity contribution is -0.740. The average Bonchev–Trinajstić information content (AvgIpc) is 3.78. The molecule has 0 N–H and O–H groups in total. The van der Waals surface area contributed by atoms with E-state index >= 15 is 0 Å². The highest BCUT2D eigenvalue weighted by molar-refractivity contribution is 7.79. The Balaban J connectivity index is 0.000000282. The van der Waals surface area contributed by atoms with Gasteiger partial charge in [0, 0.05) is 21.5 Å². The Labute approximate surface area is 428 Å². The molecule has 4 aromatic carbocycles. The van der Waals surface area contributed by atoms with Gasteiger partial charge in [0.1, 0.15) is 0 Å². The summed E-state index contributed by atoms with van der Waals surface area (Å²) in [7, 11) is 3.29. The standard InChI is InChI=1S/2C30H43N2O.H2O4S/c2*1-4-5-6-7-8-9-10-11-12-13-20-25-33-30-28(26-21-16-14-17-22-26)31(2)32(3)29(30)27-23-18-15-19-24-27;1-5(2,3)4/h2*14-19,21-24H,4-13,20,25H2,1-3H3;(H2,1,2,3,4)/q2*+1;/p-2. The van der Waals surface area contributed by atoms with E-state index in [2.05, 4.69) is 182 Å². The van der Waals surface area contributed by atoms with Crippen LogP contribution in [0.15, 0.2) is 121 Å². The summed E-state index contributed by atoms with van der Waals surface area (Å²) >= 11 is 0. The summed E-state index contributed by atoms with van der Waals surface area (Å²) in [5.74, 6) is 1.98. The Morgan fingerprint density at radius 3 is 0.873 bits per heavy atom. The Kier molecular flexibility index (Phi) is 27.5. The van der Waals surface area contributed by atoms with Gasteiger partial charge in [-0.05, 0) is 37.1 Å². The molecule has 0 aliphatic heterocycles. The lowest BCUT2D eigenvalue weighted by atomic mass is 10.1. The van der Waals surface area contributed by atoms with E-state index in [1.807, 2.05) is 0 Å². The normalized spacial score (nSPS) is 11.2. The second kappa shape index (κ2) is 33.4. The van der Waals surface area contributed by atoms with Crippen LogP contribution in [0.25, 0.3) is 45.0 Å². The van der Waals surface area contributed by atoms with Gasteiger partial charge in [0.2, 0.25) is 11.5 Å². The predicted octanol–water partition coefficient (Wildman–Crippen LogP) is 14.4. The Morgan fingerprint density at radius 2 is 0.620 bits per heavy atom. The third-order valence-corrected chi connectivity index (χ3v) is 13.2. The van der Waals surface area contributed by atoms with Gasteiger partial charge in [0.25, 0.3) is 11.4 Å². The third kappa shape index (κ3) is 20.8. The van der Waals surface area contributed by atoms with E-state index in [9.17, 15) is 0 Å². The molecule has 0 saturated heterocycles. The van der Waals surface area contributed by atoms with Gasteiger partial charge in [0.05, 0.1) is 38.4 Å². The molecule has 0 saturated carbocycles. The SMILES string of the molecule is CCCCCCCCCCCCCOc1c(-c2ccccc2)n(C)[n+](C)c1-c1ccccc1.CCCCCCCCCCCCCOc1c(-c2ccccc2)n(C)[n+](C)c1-c1ccccc1.O=S(=O)([O-])[O-]. The first kappa shape index (κ1) is 58.3. The number of aromatic nitrogens is 4. The first-order valence-corrected chi connectivity index (χ1v) is 28.1. The summed E-state index contributed by atoms with van der Waals surface area (Å²) in [6.07, 6.45) is 29.6. The molecule has 6 aromatic rings. The quantitative estimate of drug-likeness (QED) is 0.0192. The summed E-state index contributed by atoms with van der Waals surface area (Å²) in [5, 5.41) is 0. The van der Waals surface area contributed by atoms with Crippen LogP contribution in [0.1, 0.15) is 155 Å². The molecule has 0 amide bonds. The van der Waals surface area contributed by atoms with Gasteiger partial charge < -0.3 is 18.6 Å². The number of rotatable bonds is 30. The van der Waals surface area contributed by atoms with Crippen molar-refractivity contribution in [2.24, 2.45) is 28.2 Å². The van der Waals surface area contributed by atoms with E-state index in [0.717, 1.165) is 60.3 Å². The van der Waals surface area contributed by atoms with Crippen LogP contribution in [-0.2, 0) is 38.6 Å². The fourth-order valence-corrected chi connectivity index (χ4v) is 9.22. The van der Waals surface area contributed by atoms with Crippen molar-refractivity contribution in [1.82, 2.24) is 9.36 Å². The van der Waals surface area contributed by atoms with E-state index in [0.29, 0.717) is 0 Å². The number of unbranched alkanes of at least 4 members (excludes halogenated alkanes) is 20. The molecule has 71 heavy (non-hydrogen) atoms. The molecule has 0 fully saturated rings. The summed E-state index contributed by atoms with van der Waals surface area (Å²) in [6, 6.07) is 42.4. The van der Waals surface area contributed by atoms with Crippen molar-refractivity contribution < 1.29 is 36.4 Å². The minimum Gasteiger partial charge on any atom is -0.759 e. The maximum atomic E-state index is 8.52. The second-order valence-electron chi connectivity index (χ2n) is 18.8. The fourth-order valence-electron chi connectivity index (χ4n) is 9.22. The van der Waals surface area contributed by atoms with Crippen LogP contribution in [0, 0.1) is 0 Å². The predicted molar refractivity (Wildman–Crippen MR) is 289 cm³/mol. The van der Waals surface area contributed by atoms with Crippen molar-refractivity contribution in [2.75, 3.05) is 13.2 Å². The summed E-state index contributed by atoms with van der Waals surface area (Å²) in [6.45, 7) is 6.10. The maximum absolute atomic E-state index is 8.52. The summed E-state index contributed by atoms with van der Waals surface area (Å²) < 4.78 is 55.9. The number of ether oxygens (including phenoxy) is 2. The zero-order chi connectivity index (χ0) is 51.1. The molecule has 0 bridgehead atoms. The average molecular weight is 991 g/mol. The molecule has 10 nitrogen and oxygen atoms in total. The molecule has 11 heteroatoms. The van der Waals surface area contributed by atoms with Crippen LogP contribution < -0.4 is 18.8 Å². The number of benzene rings is 4. The fraction of sp³-hybridized carbons (Fsp3) is 0.500. The van der Waals surface area contributed by atoms with Gasteiger partial charge in [-0.1, -0.05) is 239 Å². The molecule has 0 spiro atoms. The molecule has 0 aliphatic carbocycles. The Morgan fingerprint density at radius 1 is 0.394 bits per heavy atom. The Hall–Kier alpha value is -5.23. The van der Waals surface area contributed by atoms with Crippen molar-refractivity contribution in [2.45, 2.75) is 155 Å². The molecule has 0 radical (unpaired) electrons. The highest BCUT2D eigenvalue weighted by Gasteiger charge is 2.31. The molecule has 0 unspecified atom stereocenters.